The monoisotopic (exact) mass is 389 g/mol. The highest BCUT2D eigenvalue weighted by Gasteiger charge is 2.25. The lowest BCUT2D eigenvalue weighted by molar-refractivity contribution is 0.413. The molecule has 7 heteroatoms. The van der Waals surface area contributed by atoms with E-state index in [0.717, 1.165) is 62.4 Å². The smallest absolute Gasteiger partial charge is 0.191 e. The minimum Gasteiger partial charge on any atom is -0.356 e. The summed E-state index contributed by atoms with van der Waals surface area (Å²) in [4.78, 5) is 8.79. The maximum Gasteiger partial charge on any atom is 0.191 e. The van der Waals surface area contributed by atoms with E-state index in [1.54, 1.807) is 0 Å². The molecule has 27 heavy (non-hydrogen) atoms. The number of para-hydroxylation sites is 2. The molecule has 0 spiro atoms. The fourth-order valence-electron chi connectivity index (χ4n) is 3.78. The van der Waals surface area contributed by atoms with Crippen molar-refractivity contribution in [2.45, 2.75) is 56.9 Å². The molecule has 1 aliphatic carbocycles. The number of guanidine groups is 1. The topological polar surface area (TPSA) is 71.3 Å². The van der Waals surface area contributed by atoms with Gasteiger partial charge < -0.3 is 15.2 Å². The number of hydrogen-bond acceptors (Lipinski definition) is 3. The Bertz CT molecular complexity index is 788. The van der Waals surface area contributed by atoms with Gasteiger partial charge in [-0.05, 0) is 37.8 Å². The van der Waals surface area contributed by atoms with Crippen LogP contribution in [0, 0.1) is 0 Å². The van der Waals surface area contributed by atoms with Crippen molar-refractivity contribution in [1.29, 1.82) is 0 Å². The zero-order valence-corrected chi connectivity index (χ0v) is 17.2. The Morgan fingerprint density at radius 1 is 1.37 bits per heavy atom. The molecule has 0 radical (unpaired) electrons. The number of hydrogen-bond donors (Lipinski definition) is 2. The highest BCUT2D eigenvalue weighted by atomic mass is 32.2. The lowest BCUT2D eigenvalue weighted by Gasteiger charge is -2.30. The van der Waals surface area contributed by atoms with Crippen LogP contribution in [0.5, 0.6) is 0 Å². The largest absolute Gasteiger partial charge is 0.356 e. The minimum atomic E-state index is -0.696. The number of fused-ring (bicyclic) bond motifs is 1. The molecule has 1 heterocycles. The second-order valence-corrected chi connectivity index (χ2v) is 9.08. The van der Waals surface area contributed by atoms with Gasteiger partial charge in [0.05, 0.1) is 17.4 Å². The Morgan fingerprint density at radius 3 is 3.04 bits per heavy atom. The Balaban J connectivity index is 1.43. The Labute approximate surface area is 164 Å². The lowest BCUT2D eigenvalue weighted by Crippen LogP contribution is -2.46. The standard InChI is InChI=1S/C20H31N5OS/c1-3-27(26)17-9-6-8-16(14-17)24-20(21-2)22-12-7-13-25-15-23-18-10-4-5-11-19(18)25/h4-5,10-11,15-17H,3,6-9,12-14H2,1-2H3,(H2,21,22,24). The molecule has 2 N–H and O–H groups in total. The van der Waals surface area contributed by atoms with Gasteiger partial charge in [-0.3, -0.25) is 9.20 Å². The Hall–Kier alpha value is -1.89. The summed E-state index contributed by atoms with van der Waals surface area (Å²) in [5, 5.41) is 7.27. The van der Waals surface area contributed by atoms with E-state index in [9.17, 15) is 4.21 Å². The van der Waals surface area contributed by atoms with Gasteiger partial charge in [-0.15, -0.1) is 0 Å². The van der Waals surface area contributed by atoms with E-state index < -0.39 is 10.8 Å². The second kappa shape index (κ2) is 9.88. The average molecular weight is 390 g/mol. The number of aryl methyl sites for hydroxylation is 1. The first-order valence-electron chi connectivity index (χ1n) is 9.95. The quantitative estimate of drug-likeness (QED) is 0.434. The molecule has 3 unspecified atom stereocenters. The molecule has 3 rings (SSSR count). The van der Waals surface area contributed by atoms with Crippen LogP contribution in [-0.2, 0) is 17.3 Å². The van der Waals surface area contributed by atoms with Crippen molar-refractivity contribution >= 4 is 27.8 Å². The van der Waals surface area contributed by atoms with Crippen molar-refractivity contribution in [1.82, 2.24) is 20.2 Å². The number of benzene rings is 1. The molecule has 1 fully saturated rings. The summed E-state index contributed by atoms with van der Waals surface area (Å²) in [6, 6.07) is 8.58. The van der Waals surface area contributed by atoms with Gasteiger partial charge in [0.1, 0.15) is 0 Å². The van der Waals surface area contributed by atoms with Crippen LogP contribution < -0.4 is 10.6 Å². The van der Waals surface area contributed by atoms with E-state index in [1.165, 1.54) is 5.52 Å². The Morgan fingerprint density at radius 2 is 2.22 bits per heavy atom. The summed E-state index contributed by atoms with van der Waals surface area (Å²) in [6.07, 6.45) is 7.23. The van der Waals surface area contributed by atoms with E-state index in [-0.39, 0.29) is 0 Å². The van der Waals surface area contributed by atoms with Crippen molar-refractivity contribution in [2.24, 2.45) is 4.99 Å². The molecule has 0 aliphatic heterocycles. The summed E-state index contributed by atoms with van der Waals surface area (Å²) >= 11 is 0. The van der Waals surface area contributed by atoms with Crippen LogP contribution in [-0.4, -0.2) is 50.4 Å². The number of nitrogens with one attached hydrogen (secondary N) is 2. The van der Waals surface area contributed by atoms with Crippen LogP contribution in [0.4, 0.5) is 0 Å². The number of rotatable bonds is 7. The van der Waals surface area contributed by atoms with Gasteiger partial charge in [0.2, 0.25) is 0 Å². The first-order valence-corrected chi connectivity index (χ1v) is 11.3. The number of aliphatic imine (C=N–C) groups is 1. The van der Waals surface area contributed by atoms with Crippen LogP contribution >= 0.6 is 0 Å². The summed E-state index contributed by atoms with van der Waals surface area (Å²) in [6.45, 7) is 3.78. The fourth-order valence-corrected chi connectivity index (χ4v) is 5.13. The molecule has 6 nitrogen and oxygen atoms in total. The van der Waals surface area contributed by atoms with Gasteiger partial charge in [0.25, 0.3) is 0 Å². The van der Waals surface area contributed by atoms with E-state index in [2.05, 4.69) is 31.2 Å². The zero-order valence-electron chi connectivity index (χ0n) is 16.4. The minimum absolute atomic E-state index is 0.328. The summed E-state index contributed by atoms with van der Waals surface area (Å²) < 4.78 is 14.3. The molecule has 148 valence electrons. The normalized spacial score (nSPS) is 21.9. The van der Waals surface area contributed by atoms with Crippen LogP contribution in [0.3, 0.4) is 0 Å². The fraction of sp³-hybridized carbons (Fsp3) is 0.600. The van der Waals surface area contributed by atoms with Crippen LogP contribution in [0.2, 0.25) is 0 Å². The SMILES string of the molecule is CCS(=O)C1CCCC(NC(=NC)NCCCn2cnc3ccccc32)C1. The first kappa shape index (κ1) is 19.9. The van der Waals surface area contributed by atoms with Crippen molar-refractivity contribution in [3.63, 3.8) is 0 Å². The number of imidazole rings is 1. The van der Waals surface area contributed by atoms with Gasteiger partial charge in [-0.2, -0.15) is 0 Å². The molecule has 0 bridgehead atoms. The van der Waals surface area contributed by atoms with Gasteiger partial charge >= 0.3 is 0 Å². The van der Waals surface area contributed by atoms with E-state index in [4.69, 9.17) is 0 Å². The predicted octanol–water partition coefficient (Wildman–Crippen LogP) is 2.67. The maximum atomic E-state index is 12.1. The molecule has 1 saturated carbocycles. The molecule has 1 aliphatic rings. The molecule has 1 aromatic heterocycles. The molecular weight excluding hydrogens is 358 g/mol. The maximum absolute atomic E-state index is 12.1. The molecule has 1 aromatic carbocycles. The summed E-state index contributed by atoms with van der Waals surface area (Å²) in [5.41, 5.74) is 2.22. The first-order chi connectivity index (χ1) is 13.2. The highest BCUT2D eigenvalue weighted by molar-refractivity contribution is 7.85. The third-order valence-corrected chi connectivity index (χ3v) is 6.98. The third kappa shape index (κ3) is 5.31. The van der Waals surface area contributed by atoms with Crippen molar-refractivity contribution < 1.29 is 4.21 Å². The number of aromatic nitrogens is 2. The van der Waals surface area contributed by atoms with Crippen LogP contribution in [0.25, 0.3) is 11.0 Å². The van der Waals surface area contributed by atoms with Gasteiger partial charge in [-0.25, -0.2) is 4.98 Å². The molecule has 0 saturated heterocycles. The van der Waals surface area contributed by atoms with Gasteiger partial charge in [0.15, 0.2) is 5.96 Å². The van der Waals surface area contributed by atoms with Gasteiger partial charge in [-0.1, -0.05) is 25.5 Å². The van der Waals surface area contributed by atoms with Crippen molar-refractivity contribution in [2.75, 3.05) is 19.3 Å². The summed E-state index contributed by atoms with van der Waals surface area (Å²) in [7, 11) is 1.11. The van der Waals surface area contributed by atoms with Gasteiger partial charge in [0, 0.05) is 48.0 Å². The second-order valence-electron chi connectivity index (χ2n) is 7.08. The Kier molecular flexibility index (Phi) is 7.26. The van der Waals surface area contributed by atoms with Crippen LogP contribution in [0.15, 0.2) is 35.6 Å². The molecular formula is C20H31N5OS. The predicted molar refractivity (Wildman–Crippen MR) is 114 cm³/mol. The van der Waals surface area contributed by atoms with E-state index >= 15 is 0 Å². The summed E-state index contributed by atoms with van der Waals surface area (Å²) in [5.74, 6) is 1.60. The number of nitrogens with zero attached hydrogens (tertiary/aromatic N) is 3. The molecule has 2 aromatic rings. The molecule has 0 amide bonds. The third-order valence-electron chi connectivity index (χ3n) is 5.24. The van der Waals surface area contributed by atoms with E-state index in [0.29, 0.717) is 11.3 Å². The lowest BCUT2D eigenvalue weighted by atomic mass is 9.95. The van der Waals surface area contributed by atoms with E-state index in [1.807, 2.05) is 38.5 Å². The van der Waals surface area contributed by atoms with Crippen LogP contribution in [0.1, 0.15) is 39.0 Å². The molecule has 3 atom stereocenters. The zero-order chi connectivity index (χ0) is 19.1. The highest BCUT2D eigenvalue weighted by Crippen LogP contribution is 2.23. The van der Waals surface area contributed by atoms with Crippen molar-refractivity contribution in [3.05, 3.63) is 30.6 Å². The van der Waals surface area contributed by atoms with Crippen molar-refractivity contribution in [3.8, 4) is 0 Å². The average Bonchev–Trinajstić information content (AvgIpc) is 3.13.